The molecule has 2 aromatic rings. The Kier molecular flexibility index (Phi) is 4.99. The van der Waals surface area contributed by atoms with E-state index in [2.05, 4.69) is 30.4 Å². The van der Waals surface area contributed by atoms with Crippen molar-refractivity contribution in [3.05, 3.63) is 65.2 Å². The molecule has 104 valence electrons. The van der Waals surface area contributed by atoms with Crippen LogP contribution < -0.4 is 0 Å². The van der Waals surface area contributed by atoms with E-state index in [-0.39, 0.29) is 5.92 Å². The van der Waals surface area contributed by atoms with E-state index in [1.165, 1.54) is 11.1 Å². The molecule has 0 aromatic heterocycles. The maximum Gasteiger partial charge on any atom is 0.182 e. The molecule has 0 heterocycles. The van der Waals surface area contributed by atoms with E-state index >= 15 is 0 Å². The first kappa shape index (κ1) is 14.8. The molecule has 0 aliphatic heterocycles. The van der Waals surface area contributed by atoms with Crippen molar-refractivity contribution in [2.24, 2.45) is 4.40 Å². The highest BCUT2D eigenvalue weighted by atomic mass is 32.2. The fourth-order valence-electron chi connectivity index (χ4n) is 2.04. The zero-order valence-corrected chi connectivity index (χ0v) is 12.9. The van der Waals surface area contributed by atoms with Gasteiger partial charge in [-0.1, -0.05) is 53.3 Å². The standard InChI is InChI=1S/C17H19NOS/c1-13-8-10-16(11-9-13)20(19)18-12-15(3)17-7-5-4-6-14(17)2/h4-12,15H,1-3H3/b18-12+/t15-,20?/m1/s1. The summed E-state index contributed by atoms with van der Waals surface area (Å²) in [5.41, 5.74) is 3.60. The minimum Gasteiger partial charge on any atom is -0.586 e. The van der Waals surface area contributed by atoms with Gasteiger partial charge in [-0.2, -0.15) is 0 Å². The van der Waals surface area contributed by atoms with E-state index in [4.69, 9.17) is 0 Å². The van der Waals surface area contributed by atoms with Crippen molar-refractivity contribution in [2.75, 3.05) is 0 Å². The van der Waals surface area contributed by atoms with Crippen LogP contribution in [0, 0.1) is 13.8 Å². The molecule has 0 N–H and O–H groups in total. The van der Waals surface area contributed by atoms with Crippen LogP contribution in [0.4, 0.5) is 0 Å². The van der Waals surface area contributed by atoms with Crippen molar-refractivity contribution in [1.82, 2.24) is 0 Å². The molecule has 0 saturated carbocycles. The minimum atomic E-state index is -1.32. The van der Waals surface area contributed by atoms with E-state index in [1.54, 1.807) is 6.21 Å². The van der Waals surface area contributed by atoms with Crippen molar-refractivity contribution >= 4 is 17.6 Å². The summed E-state index contributed by atoms with van der Waals surface area (Å²) in [4.78, 5) is 0.740. The van der Waals surface area contributed by atoms with Crippen LogP contribution in [0.5, 0.6) is 0 Å². The summed E-state index contributed by atoms with van der Waals surface area (Å²) >= 11 is -1.32. The van der Waals surface area contributed by atoms with E-state index in [0.29, 0.717) is 0 Å². The molecule has 0 saturated heterocycles. The van der Waals surface area contributed by atoms with Crippen LogP contribution in [0.1, 0.15) is 29.5 Å². The number of rotatable bonds is 4. The Morgan fingerprint density at radius 3 is 2.35 bits per heavy atom. The van der Waals surface area contributed by atoms with Crippen LogP contribution in [0.2, 0.25) is 0 Å². The van der Waals surface area contributed by atoms with Gasteiger partial charge in [0.2, 0.25) is 0 Å². The molecule has 2 aromatic carbocycles. The van der Waals surface area contributed by atoms with Gasteiger partial charge >= 0.3 is 0 Å². The number of hydrogen-bond acceptors (Lipinski definition) is 2. The second-order valence-electron chi connectivity index (χ2n) is 4.96. The summed E-state index contributed by atoms with van der Waals surface area (Å²) < 4.78 is 16.3. The summed E-state index contributed by atoms with van der Waals surface area (Å²) in [6.45, 7) is 6.16. The average molecular weight is 285 g/mol. The second kappa shape index (κ2) is 6.73. The molecule has 0 amide bonds. The molecule has 0 aliphatic rings. The summed E-state index contributed by atoms with van der Waals surface area (Å²) in [6.07, 6.45) is 1.78. The van der Waals surface area contributed by atoms with Crippen LogP contribution in [0.3, 0.4) is 0 Å². The molecule has 3 heteroatoms. The van der Waals surface area contributed by atoms with Crippen LogP contribution in [-0.4, -0.2) is 10.8 Å². The smallest absolute Gasteiger partial charge is 0.182 e. The summed E-state index contributed by atoms with van der Waals surface area (Å²) in [6, 6.07) is 15.8. The second-order valence-corrected chi connectivity index (χ2v) is 6.14. The lowest BCUT2D eigenvalue weighted by Crippen LogP contribution is -2.02. The predicted octanol–water partition coefficient (Wildman–Crippen LogP) is 4.20. The van der Waals surface area contributed by atoms with Gasteiger partial charge in [-0.15, -0.1) is 0 Å². The molecular weight excluding hydrogens is 266 g/mol. The Balaban J connectivity index is 2.09. The van der Waals surface area contributed by atoms with Gasteiger partial charge in [-0.05, 0) is 37.1 Å². The van der Waals surface area contributed by atoms with Crippen LogP contribution >= 0.6 is 0 Å². The largest absolute Gasteiger partial charge is 0.586 e. The Morgan fingerprint density at radius 1 is 1.05 bits per heavy atom. The third-order valence-corrected chi connectivity index (χ3v) is 4.27. The Hall–Kier alpha value is -1.58. The Bertz CT molecular complexity index is 592. The molecule has 2 rings (SSSR count). The number of hydrogen-bond donors (Lipinski definition) is 0. The maximum absolute atomic E-state index is 12.1. The van der Waals surface area contributed by atoms with Crippen LogP contribution in [0.15, 0.2) is 57.8 Å². The quantitative estimate of drug-likeness (QED) is 0.612. The van der Waals surface area contributed by atoms with Gasteiger partial charge in [-0.3, -0.25) is 0 Å². The summed E-state index contributed by atoms with van der Waals surface area (Å²) in [5.74, 6) is 0.158. The highest BCUT2D eigenvalue weighted by Crippen LogP contribution is 2.19. The van der Waals surface area contributed by atoms with Gasteiger partial charge in [-0.25, -0.2) is 0 Å². The Labute approximate surface area is 123 Å². The normalized spacial score (nSPS) is 14.4. The van der Waals surface area contributed by atoms with Crippen LogP contribution in [0.25, 0.3) is 0 Å². The van der Waals surface area contributed by atoms with Gasteiger partial charge in [0, 0.05) is 5.92 Å². The highest BCUT2D eigenvalue weighted by molar-refractivity contribution is 7.90. The molecule has 20 heavy (non-hydrogen) atoms. The van der Waals surface area contributed by atoms with E-state index < -0.39 is 11.4 Å². The predicted molar refractivity (Wildman–Crippen MR) is 85.7 cm³/mol. The lowest BCUT2D eigenvalue weighted by molar-refractivity contribution is 0.597. The molecule has 0 aliphatic carbocycles. The molecular formula is C17H19NOS. The maximum atomic E-state index is 12.1. The number of aryl methyl sites for hydroxylation is 2. The average Bonchev–Trinajstić information content (AvgIpc) is 2.45. The minimum absolute atomic E-state index is 0.158. The number of benzene rings is 2. The van der Waals surface area contributed by atoms with E-state index in [0.717, 1.165) is 10.5 Å². The first-order valence-corrected chi connectivity index (χ1v) is 7.77. The van der Waals surface area contributed by atoms with Gasteiger partial charge in [0.1, 0.15) is 11.4 Å². The van der Waals surface area contributed by atoms with Crippen molar-refractivity contribution in [2.45, 2.75) is 31.6 Å². The van der Waals surface area contributed by atoms with Gasteiger partial charge in [0.25, 0.3) is 0 Å². The van der Waals surface area contributed by atoms with Gasteiger partial charge in [0.15, 0.2) is 4.90 Å². The lowest BCUT2D eigenvalue weighted by atomic mass is 9.98. The van der Waals surface area contributed by atoms with Crippen molar-refractivity contribution < 1.29 is 4.55 Å². The fraction of sp³-hybridized carbons (Fsp3) is 0.235. The number of nitrogens with zero attached hydrogens (tertiary/aromatic N) is 1. The monoisotopic (exact) mass is 285 g/mol. The van der Waals surface area contributed by atoms with Crippen LogP contribution in [-0.2, 0) is 11.4 Å². The molecule has 0 radical (unpaired) electrons. The third-order valence-electron chi connectivity index (χ3n) is 3.28. The van der Waals surface area contributed by atoms with Gasteiger partial charge in [0.05, 0.1) is 6.21 Å². The van der Waals surface area contributed by atoms with Gasteiger partial charge < -0.3 is 4.55 Å². The zero-order chi connectivity index (χ0) is 14.5. The van der Waals surface area contributed by atoms with Crippen molar-refractivity contribution in [1.29, 1.82) is 0 Å². The molecule has 1 unspecified atom stereocenters. The zero-order valence-electron chi connectivity index (χ0n) is 12.0. The molecule has 2 nitrogen and oxygen atoms in total. The molecule has 0 spiro atoms. The topological polar surface area (TPSA) is 35.4 Å². The molecule has 0 fully saturated rings. The highest BCUT2D eigenvalue weighted by Gasteiger charge is 2.11. The van der Waals surface area contributed by atoms with E-state index in [1.807, 2.05) is 43.3 Å². The summed E-state index contributed by atoms with van der Waals surface area (Å²) in [7, 11) is 0. The SMILES string of the molecule is Cc1ccc([S+]([O-])/N=C/[C@@H](C)c2ccccc2C)cc1. The van der Waals surface area contributed by atoms with Crippen molar-refractivity contribution in [3.8, 4) is 0 Å². The van der Waals surface area contributed by atoms with Crippen molar-refractivity contribution in [3.63, 3.8) is 0 Å². The first-order chi connectivity index (χ1) is 9.58. The van der Waals surface area contributed by atoms with E-state index in [9.17, 15) is 4.55 Å². The lowest BCUT2D eigenvalue weighted by Gasteiger charge is -2.09. The molecule has 0 bridgehead atoms. The first-order valence-electron chi connectivity index (χ1n) is 6.66. The summed E-state index contributed by atoms with van der Waals surface area (Å²) in [5, 5.41) is 0. The fourth-order valence-corrected chi connectivity index (χ4v) is 2.82. The third kappa shape index (κ3) is 3.71. The molecule has 2 atom stereocenters. The Morgan fingerprint density at radius 2 is 1.70 bits per heavy atom.